The molecule has 82 valence electrons. The molecule has 0 saturated carbocycles. The number of nitrogens with one attached hydrogen (secondary N) is 2. The van der Waals surface area contributed by atoms with Gasteiger partial charge in [-0.05, 0) is 18.2 Å². The molecule has 0 saturated heterocycles. The lowest BCUT2D eigenvalue weighted by Crippen LogP contribution is -2.12. The van der Waals surface area contributed by atoms with E-state index in [1.165, 1.54) is 30.6 Å². The summed E-state index contributed by atoms with van der Waals surface area (Å²) in [4.78, 5) is 11.6. The van der Waals surface area contributed by atoms with Gasteiger partial charge in [-0.25, -0.2) is 4.39 Å². The zero-order chi connectivity index (χ0) is 11.5. The van der Waals surface area contributed by atoms with E-state index in [0.29, 0.717) is 10.6 Å². The second kappa shape index (κ2) is 4.32. The van der Waals surface area contributed by atoms with Crippen LogP contribution in [0, 0.1) is 5.82 Å². The van der Waals surface area contributed by atoms with Crippen molar-refractivity contribution in [3.05, 3.63) is 47.0 Å². The van der Waals surface area contributed by atoms with E-state index in [-0.39, 0.29) is 5.69 Å². The van der Waals surface area contributed by atoms with Gasteiger partial charge in [0.25, 0.3) is 5.91 Å². The summed E-state index contributed by atoms with van der Waals surface area (Å²) in [5.41, 5.74) is 0.359. The summed E-state index contributed by atoms with van der Waals surface area (Å²) in [6.45, 7) is 0. The third-order valence-corrected chi connectivity index (χ3v) is 2.17. The summed E-state index contributed by atoms with van der Waals surface area (Å²) in [5, 5.41) is 8.86. The molecule has 0 aliphatic heterocycles. The topological polar surface area (TPSA) is 57.8 Å². The number of aromatic nitrogens is 2. The molecule has 1 amide bonds. The number of hydrogen-bond donors (Lipinski definition) is 2. The van der Waals surface area contributed by atoms with Gasteiger partial charge in [0.05, 0.1) is 17.4 Å². The van der Waals surface area contributed by atoms with E-state index >= 15 is 0 Å². The third kappa shape index (κ3) is 2.20. The molecule has 1 aromatic carbocycles. The highest BCUT2D eigenvalue weighted by atomic mass is 35.5. The monoisotopic (exact) mass is 239 g/mol. The van der Waals surface area contributed by atoms with Crippen molar-refractivity contribution >= 4 is 23.2 Å². The Morgan fingerprint density at radius 2 is 2.31 bits per heavy atom. The summed E-state index contributed by atoms with van der Waals surface area (Å²) < 4.78 is 13.3. The van der Waals surface area contributed by atoms with Crippen LogP contribution in [0.5, 0.6) is 0 Å². The molecule has 2 aromatic rings. The number of H-pyrrole nitrogens is 1. The van der Waals surface area contributed by atoms with Gasteiger partial charge in [0.15, 0.2) is 0 Å². The van der Waals surface area contributed by atoms with Gasteiger partial charge in [0.2, 0.25) is 0 Å². The minimum atomic E-state index is -0.541. The zero-order valence-electron chi connectivity index (χ0n) is 8.00. The number of amides is 1. The van der Waals surface area contributed by atoms with Crippen molar-refractivity contribution < 1.29 is 9.18 Å². The lowest BCUT2D eigenvalue weighted by atomic mass is 10.2. The van der Waals surface area contributed by atoms with Crippen LogP contribution in [-0.4, -0.2) is 16.1 Å². The molecule has 0 atom stereocenters. The molecule has 0 fully saturated rings. The van der Waals surface area contributed by atoms with Gasteiger partial charge in [0, 0.05) is 11.2 Å². The number of halogens is 2. The standard InChI is InChI=1S/C10H7ClFN3O/c11-7-1-2-8(12)9(3-7)15-10(16)6-4-13-14-5-6/h1-5H,(H,13,14)(H,15,16). The number of aromatic amines is 1. The molecule has 0 bridgehead atoms. The van der Waals surface area contributed by atoms with Gasteiger partial charge in [0.1, 0.15) is 5.82 Å². The molecule has 0 aliphatic carbocycles. The maximum atomic E-state index is 13.3. The van der Waals surface area contributed by atoms with Crippen molar-refractivity contribution in [2.24, 2.45) is 0 Å². The average molecular weight is 240 g/mol. The fraction of sp³-hybridized carbons (Fsp3) is 0. The van der Waals surface area contributed by atoms with Crippen LogP contribution in [0.2, 0.25) is 5.02 Å². The van der Waals surface area contributed by atoms with E-state index in [0.717, 1.165) is 0 Å². The van der Waals surface area contributed by atoms with Gasteiger partial charge in [-0.2, -0.15) is 5.10 Å². The smallest absolute Gasteiger partial charge is 0.258 e. The van der Waals surface area contributed by atoms with Crippen molar-refractivity contribution in [1.82, 2.24) is 10.2 Å². The molecule has 0 aliphatic rings. The van der Waals surface area contributed by atoms with Crippen LogP contribution in [-0.2, 0) is 0 Å². The lowest BCUT2D eigenvalue weighted by molar-refractivity contribution is 0.102. The van der Waals surface area contributed by atoms with E-state index in [2.05, 4.69) is 15.5 Å². The summed E-state index contributed by atoms with van der Waals surface area (Å²) in [6.07, 6.45) is 2.76. The SMILES string of the molecule is O=C(Nc1cc(Cl)ccc1F)c1cn[nH]c1. The van der Waals surface area contributed by atoms with Crippen LogP contribution >= 0.6 is 11.6 Å². The molecular formula is C10H7ClFN3O. The summed E-state index contributed by atoms with van der Waals surface area (Å²) in [6, 6.07) is 3.94. The lowest BCUT2D eigenvalue weighted by Gasteiger charge is -2.04. The second-order valence-corrected chi connectivity index (χ2v) is 3.50. The summed E-state index contributed by atoms with van der Waals surface area (Å²) in [7, 11) is 0. The molecule has 1 aromatic heterocycles. The number of hydrogen-bond acceptors (Lipinski definition) is 2. The van der Waals surface area contributed by atoms with Crippen molar-refractivity contribution in [3.8, 4) is 0 Å². The Balaban J connectivity index is 2.21. The Morgan fingerprint density at radius 3 is 3.00 bits per heavy atom. The third-order valence-electron chi connectivity index (χ3n) is 1.94. The maximum absolute atomic E-state index is 13.3. The molecule has 4 nitrogen and oxygen atoms in total. The highest BCUT2D eigenvalue weighted by Gasteiger charge is 2.10. The van der Waals surface area contributed by atoms with Crippen molar-refractivity contribution in [1.29, 1.82) is 0 Å². The van der Waals surface area contributed by atoms with Crippen LogP contribution in [0.1, 0.15) is 10.4 Å². The van der Waals surface area contributed by atoms with Crippen LogP contribution in [0.15, 0.2) is 30.6 Å². The first-order chi connectivity index (χ1) is 7.66. The first-order valence-corrected chi connectivity index (χ1v) is 4.80. The molecule has 16 heavy (non-hydrogen) atoms. The van der Waals surface area contributed by atoms with Crippen molar-refractivity contribution in [3.63, 3.8) is 0 Å². The highest BCUT2D eigenvalue weighted by molar-refractivity contribution is 6.31. The zero-order valence-corrected chi connectivity index (χ0v) is 8.75. The fourth-order valence-electron chi connectivity index (χ4n) is 1.16. The van der Waals surface area contributed by atoms with Crippen LogP contribution in [0.25, 0.3) is 0 Å². The summed E-state index contributed by atoms with van der Waals surface area (Å²) in [5.74, 6) is -0.990. The van der Waals surface area contributed by atoms with Gasteiger partial charge in [-0.1, -0.05) is 11.6 Å². The number of benzene rings is 1. The molecule has 6 heteroatoms. The van der Waals surface area contributed by atoms with E-state index in [1.54, 1.807) is 0 Å². The molecule has 0 radical (unpaired) electrons. The van der Waals surface area contributed by atoms with E-state index in [1.807, 2.05) is 0 Å². The summed E-state index contributed by atoms with van der Waals surface area (Å²) >= 11 is 5.69. The molecule has 1 heterocycles. The Kier molecular flexibility index (Phi) is 2.87. The Hall–Kier alpha value is -1.88. The molecule has 2 N–H and O–H groups in total. The number of nitrogens with zero attached hydrogens (tertiary/aromatic N) is 1. The van der Waals surface area contributed by atoms with E-state index in [4.69, 9.17) is 11.6 Å². The first-order valence-electron chi connectivity index (χ1n) is 4.42. The highest BCUT2D eigenvalue weighted by Crippen LogP contribution is 2.19. The van der Waals surface area contributed by atoms with Gasteiger partial charge >= 0.3 is 0 Å². The van der Waals surface area contributed by atoms with Crippen LogP contribution < -0.4 is 5.32 Å². The Bertz CT molecular complexity index is 513. The maximum Gasteiger partial charge on any atom is 0.258 e. The Morgan fingerprint density at radius 1 is 1.50 bits per heavy atom. The number of carbonyl (C=O) groups is 1. The average Bonchev–Trinajstić information content (AvgIpc) is 2.76. The normalized spacial score (nSPS) is 10.1. The number of anilines is 1. The van der Waals surface area contributed by atoms with E-state index in [9.17, 15) is 9.18 Å². The van der Waals surface area contributed by atoms with E-state index < -0.39 is 11.7 Å². The number of rotatable bonds is 2. The molecular weight excluding hydrogens is 233 g/mol. The fourth-order valence-corrected chi connectivity index (χ4v) is 1.33. The van der Waals surface area contributed by atoms with Gasteiger partial charge < -0.3 is 5.32 Å². The first kappa shape index (κ1) is 10.6. The Labute approximate surface area is 95.4 Å². The minimum Gasteiger partial charge on any atom is -0.319 e. The van der Waals surface area contributed by atoms with Gasteiger partial charge in [-0.15, -0.1) is 0 Å². The predicted molar refractivity (Wildman–Crippen MR) is 58.0 cm³/mol. The van der Waals surface area contributed by atoms with Crippen LogP contribution in [0.3, 0.4) is 0 Å². The second-order valence-electron chi connectivity index (χ2n) is 3.07. The van der Waals surface area contributed by atoms with Crippen LogP contribution in [0.4, 0.5) is 10.1 Å². The number of carbonyl (C=O) groups excluding carboxylic acids is 1. The molecule has 0 spiro atoms. The predicted octanol–water partition coefficient (Wildman–Crippen LogP) is 2.45. The minimum absolute atomic E-state index is 0.0405. The van der Waals surface area contributed by atoms with Crippen molar-refractivity contribution in [2.45, 2.75) is 0 Å². The largest absolute Gasteiger partial charge is 0.319 e. The van der Waals surface area contributed by atoms with Crippen molar-refractivity contribution in [2.75, 3.05) is 5.32 Å². The van der Waals surface area contributed by atoms with Gasteiger partial charge in [-0.3, -0.25) is 9.89 Å². The quantitative estimate of drug-likeness (QED) is 0.846. The molecule has 0 unspecified atom stereocenters. The molecule has 2 rings (SSSR count).